The zero-order chi connectivity index (χ0) is 26.4. The normalized spacial score (nSPS) is 26.6. The fourth-order valence-corrected chi connectivity index (χ4v) is 5.12. The summed E-state index contributed by atoms with van der Waals surface area (Å²) in [6.07, 6.45) is -3.31. The van der Waals surface area contributed by atoms with E-state index in [4.69, 9.17) is 23.7 Å². The van der Waals surface area contributed by atoms with Gasteiger partial charge < -0.3 is 23.7 Å². The van der Waals surface area contributed by atoms with E-state index in [9.17, 15) is 24.0 Å². The third-order valence-corrected chi connectivity index (χ3v) is 6.52. The predicted molar refractivity (Wildman–Crippen MR) is 127 cm³/mol. The summed E-state index contributed by atoms with van der Waals surface area (Å²) in [5, 5.41) is 4.61. The van der Waals surface area contributed by atoms with Gasteiger partial charge in [0.1, 0.15) is 18.4 Å². The van der Waals surface area contributed by atoms with Crippen molar-refractivity contribution in [2.24, 2.45) is 4.99 Å². The summed E-state index contributed by atoms with van der Waals surface area (Å²) in [6.45, 7) is 4.26. The van der Waals surface area contributed by atoms with Gasteiger partial charge in [-0.15, -0.1) is 11.3 Å². The van der Waals surface area contributed by atoms with E-state index in [1.807, 2.05) is 17.5 Å². The van der Waals surface area contributed by atoms with Gasteiger partial charge in [-0.1, -0.05) is 17.8 Å². The Labute approximate surface area is 214 Å². The van der Waals surface area contributed by atoms with E-state index in [-0.39, 0.29) is 17.5 Å². The lowest BCUT2D eigenvalue weighted by Crippen LogP contribution is -2.61. The molecule has 5 atom stereocenters. The Kier molecular flexibility index (Phi) is 9.23. The number of hydrogen-bond donors (Lipinski definition) is 1. The van der Waals surface area contributed by atoms with Gasteiger partial charge in [-0.2, -0.15) is 0 Å². The summed E-state index contributed by atoms with van der Waals surface area (Å²) in [4.78, 5) is 64.6. The predicted octanol–water partition coefficient (Wildman–Crippen LogP) is 1.39. The first-order chi connectivity index (χ1) is 17.0. The molecule has 1 fully saturated rings. The third kappa shape index (κ3) is 7.38. The third-order valence-electron chi connectivity index (χ3n) is 4.67. The molecule has 14 heteroatoms. The van der Waals surface area contributed by atoms with Crippen molar-refractivity contribution in [3.8, 4) is 0 Å². The lowest BCUT2D eigenvalue weighted by atomic mass is 9.99. The molecule has 2 aliphatic rings. The number of nitrogens with one attached hydrogen (secondary N) is 1. The second-order valence-electron chi connectivity index (χ2n) is 7.60. The number of thioether (sulfide) groups is 1. The minimum absolute atomic E-state index is 0.142. The van der Waals surface area contributed by atoms with Crippen molar-refractivity contribution >= 4 is 64.1 Å². The van der Waals surface area contributed by atoms with Gasteiger partial charge in [0.2, 0.25) is 0 Å². The maximum Gasteiger partial charge on any atom is 0.303 e. The zero-order valence-electron chi connectivity index (χ0n) is 19.7. The Morgan fingerprint density at radius 1 is 1.03 bits per heavy atom. The number of carbonyl (C=O) groups is 5. The van der Waals surface area contributed by atoms with E-state index in [0.717, 1.165) is 37.4 Å². The van der Waals surface area contributed by atoms with Gasteiger partial charge in [0.25, 0.3) is 5.91 Å². The highest BCUT2D eigenvalue weighted by Crippen LogP contribution is 2.35. The van der Waals surface area contributed by atoms with E-state index in [1.54, 1.807) is 6.08 Å². The smallest absolute Gasteiger partial charge is 0.303 e. The van der Waals surface area contributed by atoms with Gasteiger partial charge in [0.15, 0.2) is 28.9 Å². The molecular formula is C22H24N2O10S2. The van der Waals surface area contributed by atoms with Crippen LogP contribution in [0.15, 0.2) is 28.2 Å². The van der Waals surface area contributed by atoms with Crippen molar-refractivity contribution < 1.29 is 47.7 Å². The second kappa shape index (κ2) is 12.1. The largest absolute Gasteiger partial charge is 0.463 e. The van der Waals surface area contributed by atoms with E-state index in [0.29, 0.717) is 0 Å². The summed E-state index contributed by atoms with van der Waals surface area (Å²) in [6, 6.07) is 3.66. The lowest BCUT2D eigenvalue weighted by molar-refractivity contribution is -0.237. The van der Waals surface area contributed by atoms with Gasteiger partial charge >= 0.3 is 23.9 Å². The Hall–Kier alpha value is -3.23. The minimum atomic E-state index is -1.30. The lowest BCUT2D eigenvalue weighted by Gasteiger charge is -2.44. The molecule has 0 aliphatic carbocycles. The van der Waals surface area contributed by atoms with Crippen molar-refractivity contribution in [3.05, 3.63) is 28.1 Å². The standard InChI is InChI=1S/C22H24N2O10S2/c1-10(25)30-9-16-17(31-11(2)26)18(32-12(3)27)19(33-13(4)28)21(34-16)36-22-23-15(20(29)24-22)8-14-6-5-7-35-14/h5-8,16-19,21H,9H2,1-4H3,(H,23,24,29)/b15-8-/t16-,17+,18+,19+,21+/m0/s1. The molecule has 1 aromatic heterocycles. The summed E-state index contributed by atoms with van der Waals surface area (Å²) < 4.78 is 27.2. The number of ether oxygens (including phenoxy) is 5. The van der Waals surface area contributed by atoms with Crippen LogP contribution in [-0.2, 0) is 47.7 Å². The molecule has 0 aromatic carbocycles. The van der Waals surface area contributed by atoms with Gasteiger partial charge in [0.05, 0.1) is 0 Å². The molecule has 3 heterocycles. The molecule has 0 unspecified atom stereocenters. The fraction of sp³-hybridized carbons (Fsp3) is 0.455. The van der Waals surface area contributed by atoms with Crippen LogP contribution in [0.2, 0.25) is 0 Å². The molecule has 0 radical (unpaired) electrons. The van der Waals surface area contributed by atoms with Crippen LogP contribution in [0.5, 0.6) is 0 Å². The molecule has 0 spiro atoms. The highest BCUT2D eigenvalue weighted by atomic mass is 32.2. The van der Waals surface area contributed by atoms with Crippen molar-refractivity contribution in [2.75, 3.05) is 6.61 Å². The first kappa shape index (κ1) is 27.4. The maximum atomic E-state index is 12.4. The zero-order valence-corrected chi connectivity index (χ0v) is 21.4. The van der Waals surface area contributed by atoms with Crippen molar-refractivity contribution in [1.82, 2.24) is 5.32 Å². The number of thiophene rings is 1. The number of amides is 1. The van der Waals surface area contributed by atoms with E-state index in [1.165, 1.54) is 18.3 Å². The van der Waals surface area contributed by atoms with Crippen LogP contribution < -0.4 is 5.32 Å². The molecule has 1 amide bonds. The molecule has 12 nitrogen and oxygen atoms in total. The molecule has 1 N–H and O–H groups in total. The van der Waals surface area contributed by atoms with Crippen molar-refractivity contribution in [3.63, 3.8) is 0 Å². The van der Waals surface area contributed by atoms with Gasteiger partial charge in [-0.3, -0.25) is 29.3 Å². The summed E-state index contributed by atoms with van der Waals surface area (Å²) in [5.41, 5.74) is -0.934. The van der Waals surface area contributed by atoms with Crippen LogP contribution in [0.25, 0.3) is 6.08 Å². The topological polar surface area (TPSA) is 156 Å². The van der Waals surface area contributed by atoms with E-state index in [2.05, 4.69) is 10.3 Å². The Bertz CT molecular complexity index is 1080. The highest BCUT2D eigenvalue weighted by molar-refractivity contribution is 8.14. The minimum Gasteiger partial charge on any atom is -0.463 e. The van der Waals surface area contributed by atoms with Crippen LogP contribution in [0.4, 0.5) is 0 Å². The van der Waals surface area contributed by atoms with E-state index < -0.39 is 59.6 Å². The van der Waals surface area contributed by atoms with Crippen LogP contribution in [0, 0.1) is 0 Å². The van der Waals surface area contributed by atoms with Crippen molar-refractivity contribution in [2.45, 2.75) is 57.5 Å². The quantitative estimate of drug-likeness (QED) is 0.303. The summed E-state index contributed by atoms with van der Waals surface area (Å²) in [5.74, 6) is -3.25. The number of carbonyl (C=O) groups excluding carboxylic acids is 5. The molecule has 1 aromatic rings. The first-order valence-electron chi connectivity index (χ1n) is 10.7. The highest BCUT2D eigenvalue weighted by Gasteiger charge is 2.53. The monoisotopic (exact) mass is 540 g/mol. The van der Waals surface area contributed by atoms with Crippen LogP contribution in [0.1, 0.15) is 32.6 Å². The number of hydrogen-bond acceptors (Lipinski definition) is 13. The number of nitrogens with zero attached hydrogens (tertiary/aromatic N) is 1. The molecule has 194 valence electrons. The number of rotatable bonds is 7. The van der Waals surface area contributed by atoms with Crippen molar-refractivity contribution in [1.29, 1.82) is 0 Å². The molecule has 36 heavy (non-hydrogen) atoms. The molecular weight excluding hydrogens is 516 g/mol. The second-order valence-corrected chi connectivity index (χ2v) is 9.67. The van der Waals surface area contributed by atoms with Gasteiger partial charge in [-0.05, 0) is 17.5 Å². The fourth-order valence-electron chi connectivity index (χ4n) is 3.40. The first-order valence-corrected chi connectivity index (χ1v) is 12.4. The summed E-state index contributed by atoms with van der Waals surface area (Å²) in [7, 11) is 0. The SMILES string of the molecule is CC(=O)OC[C@@H]1O[C@H](SC2=N/C(=C\c3cccs3)C(=O)N2)[C@H](OC(C)=O)[C@H](OC(C)=O)[C@@H]1OC(C)=O. The molecule has 2 aliphatic heterocycles. The summed E-state index contributed by atoms with van der Waals surface area (Å²) >= 11 is 2.33. The average Bonchev–Trinajstić information content (AvgIpc) is 3.40. The number of esters is 4. The molecule has 1 saturated heterocycles. The molecule has 3 rings (SSSR count). The maximum absolute atomic E-state index is 12.4. The van der Waals surface area contributed by atoms with Gasteiger partial charge in [-0.25, -0.2) is 4.99 Å². The van der Waals surface area contributed by atoms with Crippen LogP contribution in [-0.4, -0.2) is 71.4 Å². The molecule has 0 bridgehead atoms. The van der Waals surface area contributed by atoms with Crippen LogP contribution >= 0.6 is 23.1 Å². The Balaban J connectivity index is 1.94. The average molecular weight is 541 g/mol. The number of aliphatic imine (C=N–C) groups is 1. The molecule has 0 saturated carbocycles. The number of amidine groups is 1. The van der Waals surface area contributed by atoms with E-state index >= 15 is 0 Å². The Morgan fingerprint density at radius 2 is 1.67 bits per heavy atom. The Morgan fingerprint density at radius 3 is 2.25 bits per heavy atom. The van der Waals surface area contributed by atoms with Gasteiger partial charge in [0, 0.05) is 32.6 Å². The van der Waals surface area contributed by atoms with Crippen LogP contribution in [0.3, 0.4) is 0 Å².